The van der Waals surface area contributed by atoms with E-state index >= 15 is 0 Å². The van der Waals surface area contributed by atoms with Crippen LogP contribution in [0.2, 0.25) is 0 Å². The lowest BCUT2D eigenvalue weighted by atomic mass is 10.2. The summed E-state index contributed by atoms with van der Waals surface area (Å²) in [4.78, 5) is 30.8. The zero-order valence-corrected chi connectivity index (χ0v) is 10.3. The number of pyridine rings is 2. The predicted molar refractivity (Wildman–Crippen MR) is 67.7 cm³/mol. The Morgan fingerprint density at radius 3 is 2.94 bits per heavy atom. The maximum absolute atomic E-state index is 12.1. The number of rotatable bonds is 3. The molecule has 2 rings (SSSR count). The zero-order chi connectivity index (χ0) is 13.1. The molecular formula is C13H14N2O3. The highest BCUT2D eigenvalue weighted by Gasteiger charge is 2.14. The van der Waals surface area contributed by atoms with Gasteiger partial charge in [-0.1, -0.05) is 6.92 Å². The van der Waals surface area contributed by atoms with E-state index in [2.05, 4.69) is 9.97 Å². The second-order valence-electron chi connectivity index (χ2n) is 4.02. The van der Waals surface area contributed by atoms with Gasteiger partial charge in [-0.3, -0.25) is 4.79 Å². The molecule has 0 aromatic carbocycles. The number of fused-ring (bicyclic) bond motifs is 1. The van der Waals surface area contributed by atoms with Gasteiger partial charge in [-0.05, 0) is 25.5 Å². The number of aromatic nitrogens is 2. The van der Waals surface area contributed by atoms with E-state index in [0.29, 0.717) is 17.6 Å². The number of nitrogens with zero attached hydrogens (tertiary/aromatic N) is 1. The first kappa shape index (κ1) is 12.3. The molecule has 0 unspecified atom stereocenters. The average Bonchev–Trinajstić information content (AvgIpc) is 2.36. The average molecular weight is 246 g/mol. The van der Waals surface area contributed by atoms with Crippen molar-refractivity contribution in [2.45, 2.75) is 20.3 Å². The summed E-state index contributed by atoms with van der Waals surface area (Å²) >= 11 is 0. The molecule has 0 saturated carbocycles. The molecule has 0 aliphatic rings. The van der Waals surface area contributed by atoms with Crippen LogP contribution in [0.15, 0.2) is 23.1 Å². The van der Waals surface area contributed by atoms with E-state index in [0.717, 1.165) is 12.1 Å². The summed E-state index contributed by atoms with van der Waals surface area (Å²) in [6, 6.07) is 3.39. The summed E-state index contributed by atoms with van der Waals surface area (Å²) in [6.07, 6.45) is 2.08. The second kappa shape index (κ2) is 5.00. The van der Waals surface area contributed by atoms with Crippen molar-refractivity contribution in [3.8, 4) is 0 Å². The van der Waals surface area contributed by atoms with Crippen LogP contribution in [0.5, 0.6) is 0 Å². The zero-order valence-electron chi connectivity index (χ0n) is 10.3. The van der Waals surface area contributed by atoms with Gasteiger partial charge >= 0.3 is 5.97 Å². The molecule has 0 aliphatic carbocycles. The van der Waals surface area contributed by atoms with Crippen molar-refractivity contribution in [2.24, 2.45) is 0 Å². The molecule has 2 aromatic heterocycles. The van der Waals surface area contributed by atoms with Crippen LogP contribution >= 0.6 is 0 Å². The van der Waals surface area contributed by atoms with Crippen molar-refractivity contribution in [3.63, 3.8) is 0 Å². The monoisotopic (exact) mass is 246 g/mol. The van der Waals surface area contributed by atoms with Gasteiger partial charge in [0, 0.05) is 11.9 Å². The fraction of sp³-hybridized carbons (Fsp3) is 0.308. The van der Waals surface area contributed by atoms with Gasteiger partial charge in [-0.25, -0.2) is 9.78 Å². The SMILES string of the molecule is CCCOC(=O)c1c[nH]c2nc(C)ccc2c1=O. The number of aromatic amines is 1. The number of nitrogens with one attached hydrogen (secondary N) is 1. The first-order valence-electron chi connectivity index (χ1n) is 5.79. The van der Waals surface area contributed by atoms with Gasteiger partial charge in [0.1, 0.15) is 11.2 Å². The van der Waals surface area contributed by atoms with Crippen LogP contribution in [0, 0.1) is 6.92 Å². The summed E-state index contributed by atoms with van der Waals surface area (Å²) in [7, 11) is 0. The Morgan fingerprint density at radius 1 is 1.44 bits per heavy atom. The van der Waals surface area contributed by atoms with Crippen molar-refractivity contribution in [2.75, 3.05) is 6.61 Å². The Morgan fingerprint density at radius 2 is 2.22 bits per heavy atom. The van der Waals surface area contributed by atoms with Crippen LogP contribution in [0.3, 0.4) is 0 Å². The van der Waals surface area contributed by atoms with Crippen molar-refractivity contribution in [3.05, 3.63) is 39.8 Å². The fourth-order valence-electron chi connectivity index (χ4n) is 1.63. The molecule has 2 heterocycles. The van der Waals surface area contributed by atoms with E-state index in [4.69, 9.17) is 4.74 Å². The Bertz CT molecular complexity index is 646. The van der Waals surface area contributed by atoms with Gasteiger partial charge in [-0.2, -0.15) is 0 Å². The van der Waals surface area contributed by atoms with E-state index in [9.17, 15) is 9.59 Å². The van der Waals surface area contributed by atoms with Gasteiger partial charge < -0.3 is 9.72 Å². The van der Waals surface area contributed by atoms with Crippen LogP contribution in [0.1, 0.15) is 29.4 Å². The Balaban J connectivity index is 2.48. The van der Waals surface area contributed by atoms with Gasteiger partial charge in [0.15, 0.2) is 0 Å². The highest BCUT2D eigenvalue weighted by atomic mass is 16.5. The quantitative estimate of drug-likeness (QED) is 0.838. The lowest BCUT2D eigenvalue weighted by molar-refractivity contribution is 0.0503. The number of ether oxygens (including phenoxy) is 1. The van der Waals surface area contributed by atoms with Crippen LogP contribution < -0.4 is 5.43 Å². The van der Waals surface area contributed by atoms with Crippen LogP contribution in [0.4, 0.5) is 0 Å². The largest absolute Gasteiger partial charge is 0.462 e. The van der Waals surface area contributed by atoms with Crippen molar-refractivity contribution >= 4 is 17.0 Å². The Labute approximate surface area is 104 Å². The molecule has 18 heavy (non-hydrogen) atoms. The van der Waals surface area contributed by atoms with Crippen LogP contribution in [0.25, 0.3) is 11.0 Å². The van der Waals surface area contributed by atoms with Gasteiger partial charge in [0.25, 0.3) is 0 Å². The van der Waals surface area contributed by atoms with Gasteiger partial charge in [0.05, 0.1) is 12.0 Å². The number of carbonyl (C=O) groups is 1. The summed E-state index contributed by atoms with van der Waals surface area (Å²) in [6.45, 7) is 4.04. The van der Waals surface area contributed by atoms with Crippen LogP contribution in [-0.4, -0.2) is 22.5 Å². The van der Waals surface area contributed by atoms with E-state index in [-0.39, 0.29) is 11.0 Å². The first-order valence-corrected chi connectivity index (χ1v) is 5.79. The molecule has 5 nitrogen and oxygen atoms in total. The van der Waals surface area contributed by atoms with Crippen molar-refractivity contribution in [1.29, 1.82) is 0 Å². The minimum absolute atomic E-state index is 0.0154. The third kappa shape index (κ3) is 2.25. The Hall–Kier alpha value is -2.17. The molecule has 1 N–H and O–H groups in total. The highest BCUT2D eigenvalue weighted by molar-refractivity contribution is 5.92. The summed E-state index contributed by atoms with van der Waals surface area (Å²) in [5.41, 5.74) is 0.949. The highest BCUT2D eigenvalue weighted by Crippen LogP contribution is 2.07. The lowest BCUT2D eigenvalue weighted by Gasteiger charge is -2.04. The lowest BCUT2D eigenvalue weighted by Crippen LogP contribution is -2.18. The standard InChI is InChI=1S/C13H14N2O3/c1-3-6-18-13(17)10-7-14-12-9(11(10)16)5-4-8(2)15-12/h4-5,7H,3,6H2,1-2H3,(H,14,15,16). The number of hydrogen-bond donors (Lipinski definition) is 1. The fourth-order valence-corrected chi connectivity index (χ4v) is 1.63. The summed E-state index contributed by atoms with van der Waals surface area (Å²) in [5.74, 6) is -0.597. The van der Waals surface area contributed by atoms with Crippen molar-refractivity contribution < 1.29 is 9.53 Å². The molecule has 0 atom stereocenters. The molecule has 0 spiro atoms. The molecule has 0 fully saturated rings. The van der Waals surface area contributed by atoms with E-state index in [1.807, 2.05) is 13.8 Å². The van der Waals surface area contributed by atoms with Crippen LogP contribution in [-0.2, 0) is 4.74 Å². The first-order chi connectivity index (χ1) is 8.63. The third-order valence-corrected chi connectivity index (χ3v) is 2.53. The predicted octanol–water partition coefficient (Wildman–Crippen LogP) is 1.80. The smallest absolute Gasteiger partial charge is 0.343 e. The normalized spacial score (nSPS) is 10.6. The molecule has 2 aromatic rings. The number of H-pyrrole nitrogens is 1. The Kier molecular flexibility index (Phi) is 3.41. The van der Waals surface area contributed by atoms with Gasteiger partial charge in [0.2, 0.25) is 5.43 Å². The molecule has 0 amide bonds. The summed E-state index contributed by atoms with van der Waals surface area (Å²) in [5, 5.41) is 0.395. The molecule has 0 radical (unpaired) electrons. The molecule has 5 heteroatoms. The number of aryl methyl sites for hydroxylation is 1. The number of hydrogen-bond acceptors (Lipinski definition) is 4. The van der Waals surface area contributed by atoms with E-state index in [1.54, 1.807) is 12.1 Å². The molecular weight excluding hydrogens is 232 g/mol. The van der Waals surface area contributed by atoms with Gasteiger partial charge in [-0.15, -0.1) is 0 Å². The maximum atomic E-state index is 12.1. The number of carbonyl (C=O) groups excluding carboxylic acids is 1. The second-order valence-corrected chi connectivity index (χ2v) is 4.02. The van der Waals surface area contributed by atoms with E-state index in [1.165, 1.54) is 6.20 Å². The maximum Gasteiger partial charge on any atom is 0.343 e. The minimum atomic E-state index is -0.597. The van der Waals surface area contributed by atoms with Crippen molar-refractivity contribution in [1.82, 2.24) is 9.97 Å². The summed E-state index contributed by atoms with van der Waals surface area (Å²) < 4.78 is 4.95. The minimum Gasteiger partial charge on any atom is -0.462 e. The molecule has 94 valence electrons. The molecule has 0 aliphatic heterocycles. The molecule has 0 saturated heterocycles. The third-order valence-electron chi connectivity index (χ3n) is 2.53. The molecule has 0 bridgehead atoms. The van der Waals surface area contributed by atoms with E-state index < -0.39 is 5.97 Å². The topological polar surface area (TPSA) is 72.1 Å². The number of esters is 1.